The minimum absolute atomic E-state index is 0.165. The Balaban J connectivity index is 1.85. The highest BCUT2D eigenvalue weighted by molar-refractivity contribution is 5.68. The summed E-state index contributed by atoms with van der Waals surface area (Å²) in [7, 11) is 0. The molecular weight excluding hydrogens is 233 g/mol. The SMILES string of the molecule is CC(C)(C)OC(=O)N1CCC2(CC[C@H](F)C2)CC1. The van der Waals surface area contributed by atoms with E-state index < -0.39 is 11.8 Å². The Bertz CT molecular complexity index is 316. The van der Waals surface area contributed by atoms with Gasteiger partial charge in [-0.2, -0.15) is 0 Å². The third kappa shape index (κ3) is 3.15. The van der Waals surface area contributed by atoms with E-state index in [2.05, 4.69) is 0 Å². The Labute approximate surface area is 109 Å². The van der Waals surface area contributed by atoms with Gasteiger partial charge in [0.15, 0.2) is 0 Å². The van der Waals surface area contributed by atoms with E-state index in [1.807, 2.05) is 20.8 Å². The second-order valence-corrected chi connectivity index (χ2v) is 6.81. The lowest BCUT2D eigenvalue weighted by atomic mass is 9.77. The van der Waals surface area contributed by atoms with Crippen molar-refractivity contribution >= 4 is 6.09 Å². The van der Waals surface area contributed by atoms with Gasteiger partial charge in [0.05, 0.1) is 0 Å². The molecule has 1 heterocycles. The summed E-state index contributed by atoms with van der Waals surface area (Å²) in [6, 6.07) is 0. The van der Waals surface area contributed by atoms with E-state index >= 15 is 0 Å². The van der Waals surface area contributed by atoms with Crippen LogP contribution in [-0.2, 0) is 4.74 Å². The number of nitrogens with zero attached hydrogens (tertiary/aromatic N) is 1. The van der Waals surface area contributed by atoms with Crippen molar-refractivity contribution in [3.05, 3.63) is 0 Å². The Morgan fingerprint density at radius 1 is 1.28 bits per heavy atom. The largest absolute Gasteiger partial charge is 0.444 e. The van der Waals surface area contributed by atoms with Gasteiger partial charge >= 0.3 is 6.09 Å². The van der Waals surface area contributed by atoms with Crippen LogP contribution in [0.2, 0.25) is 0 Å². The summed E-state index contributed by atoms with van der Waals surface area (Å²) >= 11 is 0. The predicted molar refractivity (Wildman–Crippen MR) is 68.2 cm³/mol. The molecule has 2 fully saturated rings. The quantitative estimate of drug-likeness (QED) is 0.664. The smallest absolute Gasteiger partial charge is 0.410 e. The third-order valence-electron chi connectivity index (χ3n) is 4.12. The molecule has 0 N–H and O–H groups in total. The maximum Gasteiger partial charge on any atom is 0.410 e. The molecule has 4 heteroatoms. The summed E-state index contributed by atoms with van der Waals surface area (Å²) in [6.45, 7) is 7.05. The van der Waals surface area contributed by atoms with E-state index in [0.717, 1.165) is 19.3 Å². The summed E-state index contributed by atoms with van der Waals surface area (Å²) in [5.41, 5.74) is -0.276. The average molecular weight is 257 g/mol. The Hall–Kier alpha value is -0.800. The van der Waals surface area contributed by atoms with Crippen molar-refractivity contribution in [1.29, 1.82) is 0 Å². The van der Waals surface area contributed by atoms with Crippen molar-refractivity contribution in [2.45, 2.75) is 64.6 Å². The second kappa shape index (κ2) is 4.71. The van der Waals surface area contributed by atoms with Crippen molar-refractivity contribution in [1.82, 2.24) is 4.90 Å². The molecule has 18 heavy (non-hydrogen) atoms. The van der Waals surface area contributed by atoms with Gasteiger partial charge in [-0.1, -0.05) is 0 Å². The molecule has 1 aliphatic carbocycles. The van der Waals surface area contributed by atoms with Crippen LogP contribution in [0.3, 0.4) is 0 Å². The summed E-state index contributed by atoms with van der Waals surface area (Å²) in [4.78, 5) is 13.7. The van der Waals surface area contributed by atoms with Gasteiger partial charge in [-0.15, -0.1) is 0 Å². The molecule has 0 aromatic rings. The highest BCUT2D eigenvalue weighted by atomic mass is 19.1. The van der Waals surface area contributed by atoms with Crippen molar-refractivity contribution in [3.63, 3.8) is 0 Å². The number of carbonyl (C=O) groups is 1. The first-order valence-corrected chi connectivity index (χ1v) is 6.92. The Kier molecular flexibility index (Phi) is 3.56. The fourth-order valence-corrected chi connectivity index (χ4v) is 3.08. The van der Waals surface area contributed by atoms with Gasteiger partial charge < -0.3 is 9.64 Å². The lowest BCUT2D eigenvalue weighted by Gasteiger charge is -2.39. The number of carbonyl (C=O) groups excluding carboxylic acids is 1. The minimum Gasteiger partial charge on any atom is -0.444 e. The van der Waals surface area contributed by atoms with Crippen molar-refractivity contribution in [2.24, 2.45) is 5.41 Å². The first-order chi connectivity index (χ1) is 8.30. The highest BCUT2D eigenvalue weighted by Gasteiger charge is 2.42. The van der Waals surface area contributed by atoms with Gasteiger partial charge in [0.1, 0.15) is 11.8 Å². The number of hydrogen-bond acceptors (Lipinski definition) is 2. The number of ether oxygens (including phenoxy) is 1. The Morgan fingerprint density at radius 2 is 1.89 bits per heavy atom. The fourth-order valence-electron chi connectivity index (χ4n) is 3.08. The summed E-state index contributed by atoms with van der Waals surface area (Å²) < 4.78 is 18.7. The number of halogens is 1. The monoisotopic (exact) mass is 257 g/mol. The van der Waals surface area contributed by atoms with E-state index in [9.17, 15) is 9.18 Å². The van der Waals surface area contributed by atoms with E-state index in [4.69, 9.17) is 4.74 Å². The molecule has 0 aromatic heterocycles. The van der Waals surface area contributed by atoms with Crippen molar-refractivity contribution < 1.29 is 13.9 Å². The molecule has 1 saturated heterocycles. The molecule has 0 unspecified atom stereocenters. The molecule has 1 atom stereocenters. The van der Waals surface area contributed by atoms with Crippen molar-refractivity contribution in [2.75, 3.05) is 13.1 Å². The molecule has 1 spiro atoms. The number of likely N-dealkylation sites (tertiary alicyclic amines) is 1. The van der Waals surface area contributed by atoms with Crippen LogP contribution in [0.5, 0.6) is 0 Å². The van der Waals surface area contributed by atoms with Crippen molar-refractivity contribution in [3.8, 4) is 0 Å². The lowest BCUT2D eigenvalue weighted by molar-refractivity contribution is 0.0101. The van der Waals surface area contributed by atoms with Gasteiger partial charge in [0.25, 0.3) is 0 Å². The Morgan fingerprint density at radius 3 is 2.33 bits per heavy atom. The summed E-state index contributed by atoms with van der Waals surface area (Å²) in [5, 5.41) is 0. The number of alkyl halides is 1. The molecule has 2 rings (SSSR count). The van der Waals surface area contributed by atoms with Crippen LogP contribution < -0.4 is 0 Å². The van der Waals surface area contributed by atoms with Crippen LogP contribution in [0.4, 0.5) is 9.18 Å². The number of piperidine rings is 1. The van der Waals surface area contributed by atoms with E-state index in [-0.39, 0.29) is 11.5 Å². The van der Waals surface area contributed by atoms with Crippen LogP contribution in [-0.4, -0.2) is 35.9 Å². The average Bonchev–Trinajstić information content (AvgIpc) is 2.58. The molecule has 1 aliphatic heterocycles. The molecule has 0 radical (unpaired) electrons. The van der Waals surface area contributed by atoms with Gasteiger partial charge in [-0.3, -0.25) is 0 Å². The van der Waals surface area contributed by atoms with Gasteiger partial charge in [-0.05, 0) is 58.3 Å². The van der Waals surface area contributed by atoms with Gasteiger partial charge in [0.2, 0.25) is 0 Å². The van der Waals surface area contributed by atoms with E-state index in [1.54, 1.807) is 4.90 Å². The molecule has 1 amide bonds. The minimum atomic E-state index is -0.627. The van der Waals surface area contributed by atoms with E-state index in [1.165, 1.54) is 0 Å². The molecule has 104 valence electrons. The number of hydrogen-bond donors (Lipinski definition) is 0. The molecule has 1 saturated carbocycles. The maximum absolute atomic E-state index is 13.3. The topological polar surface area (TPSA) is 29.5 Å². The highest BCUT2D eigenvalue weighted by Crippen LogP contribution is 2.47. The standard InChI is InChI=1S/C14H24FNO2/c1-13(2,3)18-12(17)16-8-6-14(7-9-16)5-4-11(15)10-14/h11H,4-10H2,1-3H3/t11-/m0/s1. The van der Waals surface area contributed by atoms with Crippen LogP contribution in [0, 0.1) is 5.41 Å². The summed E-state index contributed by atoms with van der Waals surface area (Å²) in [5.74, 6) is 0. The predicted octanol–water partition coefficient (Wildman–Crippen LogP) is 3.53. The molecule has 0 bridgehead atoms. The number of rotatable bonds is 0. The van der Waals surface area contributed by atoms with Crippen LogP contribution in [0.15, 0.2) is 0 Å². The normalized spacial score (nSPS) is 27.6. The zero-order chi connectivity index (χ0) is 13.4. The van der Waals surface area contributed by atoms with Gasteiger partial charge in [0, 0.05) is 13.1 Å². The van der Waals surface area contributed by atoms with Crippen LogP contribution in [0.25, 0.3) is 0 Å². The zero-order valence-corrected chi connectivity index (χ0v) is 11.7. The van der Waals surface area contributed by atoms with Crippen LogP contribution >= 0.6 is 0 Å². The molecule has 0 aromatic carbocycles. The zero-order valence-electron chi connectivity index (χ0n) is 11.7. The lowest BCUT2D eigenvalue weighted by Crippen LogP contribution is -2.44. The first-order valence-electron chi connectivity index (χ1n) is 6.92. The maximum atomic E-state index is 13.3. The molecule has 2 aliphatic rings. The second-order valence-electron chi connectivity index (χ2n) is 6.81. The first kappa shape index (κ1) is 13.6. The molecule has 3 nitrogen and oxygen atoms in total. The van der Waals surface area contributed by atoms with Crippen LogP contribution in [0.1, 0.15) is 52.9 Å². The fraction of sp³-hybridized carbons (Fsp3) is 0.929. The summed E-state index contributed by atoms with van der Waals surface area (Å²) in [6.07, 6.45) is 3.36. The number of amides is 1. The van der Waals surface area contributed by atoms with E-state index in [0.29, 0.717) is 25.9 Å². The third-order valence-corrected chi connectivity index (χ3v) is 4.12. The van der Waals surface area contributed by atoms with Gasteiger partial charge in [-0.25, -0.2) is 9.18 Å². The molecular formula is C14H24FNO2.